The van der Waals surface area contributed by atoms with Gasteiger partial charge in [-0.1, -0.05) is 13.0 Å². The highest BCUT2D eigenvalue weighted by molar-refractivity contribution is 5.55. The number of aliphatic hydroxyl groups excluding tert-OH is 1. The molecule has 1 atom stereocenters. The van der Waals surface area contributed by atoms with Crippen LogP contribution >= 0.6 is 0 Å². The third-order valence-corrected chi connectivity index (χ3v) is 4.07. The van der Waals surface area contributed by atoms with Crippen LogP contribution in [0.1, 0.15) is 31.9 Å². The molecule has 0 saturated carbocycles. The summed E-state index contributed by atoms with van der Waals surface area (Å²) in [6.07, 6.45) is 5.68. The fourth-order valence-corrected chi connectivity index (χ4v) is 2.91. The third kappa shape index (κ3) is 2.32. The molecule has 0 radical (unpaired) electrons. The van der Waals surface area contributed by atoms with Crippen molar-refractivity contribution in [3.05, 3.63) is 30.1 Å². The highest BCUT2D eigenvalue weighted by Gasteiger charge is 2.20. The van der Waals surface area contributed by atoms with Gasteiger partial charge in [0.1, 0.15) is 5.65 Å². The molecule has 2 aromatic heterocycles. The molecule has 1 saturated heterocycles. The molecule has 0 aromatic carbocycles. The van der Waals surface area contributed by atoms with E-state index >= 15 is 0 Å². The van der Waals surface area contributed by atoms with Gasteiger partial charge in [0.2, 0.25) is 0 Å². The SMILES string of the molecule is CC1CCCN(c2nc3ccccn3c2CO)CC1. The standard InChI is InChI=1S/C15H21N3O/c1-12-5-4-8-17(10-7-12)15-13(11-19)18-9-3-2-6-14(18)16-15/h2-3,6,9,12,19H,4-5,7-8,10-11H2,1H3. The van der Waals surface area contributed by atoms with E-state index in [-0.39, 0.29) is 6.61 Å². The highest BCUT2D eigenvalue weighted by Crippen LogP contribution is 2.26. The van der Waals surface area contributed by atoms with Gasteiger partial charge >= 0.3 is 0 Å². The Labute approximate surface area is 113 Å². The quantitative estimate of drug-likeness (QED) is 0.900. The molecule has 1 aliphatic rings. The number of nitrogens with zero attached hydrogens (tertiary/aromatic N) is 3. The molecule has 3 heterocycles. The van der Waals surface area contributed by atoms with Gasteiger partial charge in [0, 0.05) is 19.3 Å². The minimum atomic E-state index is 0.0343. The molecule has 0 amide bonds. The van der Waals surface area contributed by atoms with Gasteiger partial charge in [-0.3, -0.25) is 4.40 Å². The summed E-state index contributed by atoms with van der Waals surface area (Å²) in [6.45, 7) is 4.44. The van der Waals surface area contributed by atoms with Crippen molar-refractivity contribution < 1.29 is 5.11 Å². The first-order valence-corrected chi connectivity index (χ1v) is 7.11. The lowest BCUT2D eigenvalue weighted by Gasteiger charge is -2.21. The van der Waals surface area contributed by atoms with Crippen LogP contribution in [0.2, 0.25) is 0 Å². The molecule has 1 aliphatic heterocycles. The number of hydrogen-bond acceptors (Lipinski definition) is 3. The summed E-state index contributed by atoms with van der Waals surface area (Å²) in [6, 6.07) is 5.95. The van der Waals surface area contributed by atoms with Crippen LogP contribution in [-0.2, 0) is 6.61 Å². The van der Waals surface area contributed by atoms with Gasteiger partial charge in [-0.15, -0.1) is 0 Å². The fraction of sp³-hybridized carbons (Fsp3) is 0.533. The lowest BCUT2D eigenvalue weighted by molar-refractivity contribution is 0.276. The first-order chi connectivity index (χ1) is 9.29. The number of aliphatic hydroxyl groups is 1. The molecule has 1 unspecified atom stereocenters. The van der Waals surface area contributed by atoms with E-state index in [2.05, 4.69) is 11.8 Å². The van der Waals surface area contributed by atoms with Gasteiger partial charge in [-0.2, -0.15) is 0 Å². The molecule has 1 fully saturated rings. The maximum absolute atomic E-state index is 9.67. The van der Waals surface area contributed by atoms with E-state index < -0.39 is 0 Å². The zero-order valence-electron chi connectivity index (χ0n) is 11.4. The molecule has 2 aromatic rings. The van der Waals surface area contributed by atoms with Crippen molar-refractivity contribution in [3.63, 3.8) is 0 Å². The number of fused-ring (bicyclic) bond motifs is 1. The van der Waals surface area contributed by atoms with Gasteiger partial charge in [0.25, 0.3) is 0 Å². The van der Waals surface area contributed by atoms with Crippen LogP contribution in [0.15, 0.2) is 24.4 Å². The van der Waals surface area contributed by atoms with Crippen LogP contribution in [0.5, 0.6) is 0 Å². The van der Waals surface area contributed by atoms with Crippen LogP contribution in [0.4, 0.5) is 5.82 Å². The maximum Gasteiger partial charge on any atom is 0.153 e. The Morgan fingerprint density at radius 2 is 2.21 bits per heavy atom. The molecular formula is C15H21N3O. The monoisotopic (exact) mass is 259 g/mol. The van der Waals surface area contributed by atoms with Crippen molar-refractivity contribution >= 4 is 11.5 Å². The Balaban J connectivity index is 1.99. The largest absolute Gasteiger partial charge is 0.390 e. The Kier molecular flexibility index (Phi) is 3.42. The maximum atomic E-state index is 9.67. The molecule has 19 heavy (non-hydrogen) atoms. The highest BCUT2D eigenvalue weighted by atomic mass is 16.3. The Hall–Kier alpha value is -1.55. The third-order valence-electron chi connectivity index (χ3n) is 4.07. The summed E-state index contributed by atoms with van der Waals surface area (Å²) < 4.78 is 1.99. The van der Waals surface area contributed by atoms with E-state index in [1.165, 1.54) is 19.3 Å². The molecule has 0 aliphatic carbocycles. The van der Waals surface area contributed by atoms with Gasteiger partial charge in [-0.25, -0.2) is 4.98 Å². The predicted octanol–water partition coefficient (Wildman–Crippen LogP) is 2.45. The summed E-state index contributed by atoms with van der Waals surface area (Å²) in [7, 11) is 0. The van der Waals surface area contributed by atoms with Crippen molar-refractivity contribution in [1.82, 2.24) is 9.38 Å². The van der Waals surface area contributed by atoms with Crippen LogP contribution in [0.3, 0.4) is 0 Å². The molecule has 3 rings (SSSR count). The number of anilines is 1. The van der Waals surface area contributed by atoms with Crippen LogP contribution < -0.4 is 4.90 Å². The van der Waals surface area contributed by atoms with Crippen molar-refractivity contribution in [3.8, 4) is 0 Å². The zero-order valence-corrected chi connectivity index (χ0v) is 11.4. The average molecular weight is 259 g/mol. The summed E-state index contributed by atoms with van der Waals surface area (Å²) in [5.74, 6) is 1.75. The van der Waals surface area contributed by atoms with Crippen LogP contribution in [0, 0.1) is 5.92 Å². The summed E-state index contributed by atoms with van der Waals surface area (Å²) in [5.41, 5.74) is 1.82. The van der Waals surface area contributed by atoms with Crippen molar-refractivity contribution in [2.24, 2.45) is 5.92 Å². The number of hydrogen-bond donors (Lipinski definition) is 1. The number of imidazole rings is 1. The Bertz CT molecular complexity index is 564. The summed E-state index contributed by atoms with van der Waals surface area (Å²) in [4.78, 5) is 7.04. The molecule has 4 heteroatoms. The second-order valence-electron chi connectivity index (χ2n) is 5.49. The van der Waals surface area contributed by atoms with E-state index in [9.17, 15) is 5.11 Å². The van der Waals surface area contributed by atoms with E-state index in [0.717, 1.165) is 36.2 Å². The van der Waals surface area contributed by atoms with Crippen molar-refractivity contribution in [2.45, 2.75) is 32.8 Å². The van der Waals surface area contributed by atoms with Gasteiger partial charge in [-0.05, 0) is 37.3 Å². The number of rotatable bonds is 2. The molecule has 0 spiro atoms. The molecule has 0 bridgehead atoms. The Morgan fingerprint density at radius 3 is 3.05 bits per heavy atom. The van der Waals surface area contributed by atoms with E-state index in [1.807, 2.05) is 28.8 Å². The van der Waals surface area contributed by atoms with Crippen molar-refractivity contribution in [1.29, 1.82) is 0 Å². The molecular weight excluding hydrogens is 238 g/mol. The molecule has 4 nitrogen and oxygen atoms in total. The van der Waals surface area contributed by atoms with E-state index in [1.54, 1.807) is 0 Å². The zero-order chi connectivity index (χ0) is 13.2. The second-order valence-corrected chi connectivity index (χ2v) is 5.49. The summed E-state index contributed by atoms with van der Waals surface area (Å²) in [5, 5.41) is 9.67. The van der Waals surface area contributed by atoms with Gasteiger partial charge in [0.05, 0.1) is 12.3 Å². The normalized spacial score (nSPS) is 20.7. The minimum Gasteiger partial charge on any atom is -0.390 e. The van der Waals surface area contributed by atoms with Crippen LogP contribution in [-0.4, -0.2) is 27.6 Å². The number of aromatic nitrogens is 2. The van der Waals surface area contributed by atoms with E-state index in [4.69, 9.17) is 4.98 Å². The average Bonchev–Trinajstić information content (AvgIpc) is 2.67. The first kappa shape index (κ1) is 12.5. The predicted molar refractivity (Wildman–Crippen MR) is 76.3 cm³/mol. The molecule has 1 N–H and O–H groups in total. The first-order valence-electron chi connectivity index (χ1n) is 7.11. The summed E-state index contributed by atoms with van der Waals surface area (Å²) >= 11 is 0. The van der Waals surface area contributed by atoms with E-state index in [0.29, 0.717) is 0 Å². The molecule has 102 valence electrons. The fourth-order valence-electron chi connectivity index (χ4n) is 2.91. The second kappa shape index (κ2) is 5.21. The van der Waals surface area contributed by atoms with Crippen molar-refractivity contribution in [2.75, 3.05) is 18.0 Å². The smallest absolute Gasteiger partial charge is 0.153 e. The topological polar surface area (TPSA) is 40.8 Å². The lowest BCUT2D eigenvalue weighted by atomic mass is 10.0. The van der Waals surface area contributed by atoms with Gasteiger partial charge in [0.15, 0.2) is 5.82 Å². The lowest BCUT2D eigenvalue weighted by Crippen LogP contribution is -2.25. The number of pyridine rings is 1. The minimum absolute atomic E-state index is 0.0343. The van der Waals surface area contributed by atoms with Crippen LogP contribution in [0.25, 0.3) is 5.65 Å². The Morgan fingerprint density at radius 1 is 1.32 bits per heavy atom. The van der Waals surface area contributed by atoms with Gasteiger partial charge < -0.3 is 10.0 Å².